The Hall–Kier alpha value is -3.81. The van der Waals surface area contributed by atoms with Crippen LogP contribution in [-0.4, -0.2) is 35.4 Å². The van der Waals surface area contributed by atoms with Crippen molar-refractivity contribution < 1.29 is 19.1 Å². The summed E-state index contributed by atoms with van der Waals surface area (Å²) in [5, 5.41) is 7.80. The number of nitrogens with one attached hydrogen (secondary N) is 2. The molecule has 31 heavy (non-hydrogen) atoms. The van der Waals surface area contributed by atoms with E-state index in [0.717, 1.165) is 16.5 Å². The first-order chi connectivity index (χ1) is 14.9. The van der Waals surface area contributed by atoms with E-state index in [2.05, 4.69) is 40.3 Å². The molecule has 0 saturated heterocycles. The molecule has 8 nitrogen and oxygen atoms in total. The zero-order valence-corrected chi connectivity index (χ0v) is 17.6. The van der Waals surface area contributed by atoms with Crippen molar-refractivity contribution in [2.24, 2.45) is 5.10 Å². The lowest BCUT2D eigenvalue weighted by molar-refractivity contribution is -0.122. The first kappa shape index (κ1) is 20.5. The molecule has 1 aromatic heterocycles. The highest BCUT2D eigenvalue weighted by Gasteiger charge is 2.19. The van der Waals surface area contributed by atoms with Crippen molar-refractivity contribution in [1.29, 1.82) is 0 Å². The molecule has 2 aromatic carbocycles. The van der Waals surface area contributed by atoms with E-state index in [0.29, 0.717) is 23.1 Å². The van der Waals surface area contributed by atoms with E-state index in [1.807, 2.05) is 24.4 Å². The molecule has 4 rings (SSSR count). The maximum absolute atomic E-state index is 12.4. The number of fused-ring (bicyclic) bond motifs is 2. The molecular formula is C23H24N4O4. The fourth-order valence-corrected chi connectivity index (χ4v) is 3.41. The highest BCUT2D eigenvalue weighted by molar-refractivity contribution is 6.00. The van der Waals surface area contributed by atoms with Crippen LogP contribution >= 0.6 is 0 Å². The molecule has 0 spiro atoms. The van der Waals surface area contributed by atoms with Gasteiger partial charge in [0.25, 0.3) is 11.8 Å². The van der Waals surface area contributed by atoms with Crippen molar-refractivity contribution in [3.63, 3.8) is 0 Å². The molecule has 1 atom stereocenters. The number of benzene rings is 2. The molecule has 1 aliphatic heterocycles. The van der Waals surface area contributed by atoms with Gasteiger partial charge in [0.15, 0.2) is 11.5 Å². The van der Waals surface area contributed by atoms with Crippen LogP contribution in [0.2, 0.25) is 0 Å². The highest BCUT2D eigenvalue weighted by Crippen LogP contribution is 2.32. The maximum atomic E-state index is 12.4. The Balaban J connectivity index is 1.39. The van der Waals surface area contributed by atoms with E-state index >= 15 is 0 Å². The average Bonchev–Trinajstić information content (AvgIpc) is 3.38. The van der Waals surface area contributed by atoms with Gasteiger partial charge in [-0.3, -0.25) is 9.59 Å². The first-order valence-corrected chi connectivity index (χ1v) is 10.1. The van der Waals surface area contributed by atoms with Crippen LogP contribution < -0.4 is 20.2 Å². The summed E-state index contributed by atoms with van der Waals surface area (Å²) < 4.78 is 12.7. The third-order valence-electron chi connectivity index (χ3n) is 5.08. The minimum atomic E-state index is -0.771. The van der Waals surface area contributed by atoms with Gasteiger partial charge in [0.05, 0.1) is 6.21 Å². The minimum absolute atomic E-state index is 0.132. The van der Waals surface area contributed by atoms with Gasteiger partial charge in [-0.15, -0.1) is 0 Å². The Morgan fingerprint density at radius 1 is 1.10 bits per heavy atom. The van der Waals surface area contributed by atoms with E-state index in [4.69, 9.17) is 9.47 Å². The summed E-state index contributed by atoms with van der Waals surface area (Å²) >= 11 is 0. The predicted octanol–water partition coefficient (Wildman–Crippen LogP) is 3.22. The molecule has 2 heterocycles. The van der Waals surface area contributed by atoms with Crippen LogP contribution in [-0.2, 0) is 4.79 Å². The highest BCUT2D eigenvalue weighted by atomic mass is 16.7. The second kappa shape index (κ2) is 8.51. The summed E-state index contributed by atoms with van der Waals surface area (Å²) in [6.45, 7) is 5.95. The fraction of sp³-hybridized carbons (Fsp3) is 0.261. The van der Waals surface area contributed by atoms with Crippen molar-refractivity contribution in [3.8, 4) is 11.5 Å². The van der Waals surface area contributed by atoms with Crippen LogP contribution in [0.3, 0.4) is 0 Å². The maximum Gasteiger partial charge on any atom is 0.262 e. The van der Waals surface area contributed by atoms with Gasteiger partial charge in [-0.25, -0.2) is 5.43 Å². The van der Waals surface area contributed by atoms with E-state index in [1.54, 1.807) is 31.3 Å². The van der Waals surface area contributed by atoms with Crippen LogP contribution in [0, 0.1) is 0 Å². The molecule has 160 valence electrons. The van der Waals surface area contributed by atoms with Crippen LogP contribution in [0.25, 0.3) is 10.9 Å². The quantitative estimate of drug-likeness (QED) is 0.473. The van der Waals surface area contributed by atoms with E-state index in [-0.39, 0.29) is 12.7 Å². The summed E-state index contributed by atoms with van der Waals surface area (Å²) in [4.78, 5) is 24.8. The molecular weight excluding hydrogens is 396 g/mol. The standard InChI is InChI=1S/C23H24N4O4/c1-14(2)27-12-17(18-6-4-5-7-19(18)27)11-24-26-22(28)15(3)25-23(29)16-8-9-20-21(10-16)31-13-30-20/h4-12,14-15H,13H2,1-3H3,(H,25,29)(H,26,28)/b24-11+. The number of para-hydroxylation sites is 1. The SMILES string of the molecule is CC(NC(=O)c1ccc2c(c1)OCO2)C(=O)N/N=C/c1cn(C(C)C)c2ccccc12. The van der Waals surface area contributed by atoms with Gasteiger partial charge in [-0.05, 0) is 45.0 Å². The van der Waals surface area contributed by atoms with E-state index < -0.39 is 11.9 Å². The number of hydrogen-bond acceptors (Lipinski definition) is 5. The Labute approximate surface area is 179 Å². The van der Waals surface area contributed by atoms with Crippen molar-refractivity contribution in [2.45, 2.75) is 32.9 Å². The lowest BCUT2D eigenvalue weighted by Gasteiger charge is -2.12. The van der Waals surface area contributed by atoms with E-state index in [1.165, 1.54) is 0 Å². The molecule has 1 aliphatic rings. The second-order valence-corrected chi connectivity index (χ2v) is 7.60. The normalized spacial score (nSPS) is 13.7. The lowest BCUT2D eigenvalue weighted by atomic mass is 10.1. The third-order valence-corrected chi connectivity index (χ3v) is 5.08. The predicted molar refractivity (Wildman–Crippen MR) is 118 cm³/mol. The largest absolute Gasteiger partial charge is 0.454 e. The van der Waals surface area contributed by atoms with Crippen LogP contribution in [0.1, 0.15) is 42.7 Å². The van der Waals surface area contributed by atoms with Gasteiger partial charge >= 0.3 is 0 Å². The number of carbonyl (C=O) groups excluding carboxylic acids is 2. The Morgan fingerprint density at radius 3 is 2.68 bits per heavy atom. The number of rotatable bonds is 6. The molecule has 0 bridgehead atoms. The summed E-state index contributed by atoms with van der Waals surface area (Å²) in [6.07, 6.45) is 3.63. The number of ether oxygens (including phenoxy) is 2. The number of hydrazone groups is 1. The molecule has 3 aromatic rings. The Bertz CT molecular complexity index is 1170. The Kier molecular flexibility index (Phi) is 5.62. The lowest BCUT2D eigenvalue weighted by Crippen LogP contribution is -2.43. The smallest absolute Gasteiger partial charge is 0.262 e. The number of amides is 2. The molecule has 2 N–H and O–H groups in total. The van der Waals surface area contributed by atoms with Crippen molar-refractivity contribution in [3.05, 3.63) is 59.8 Å². The topological polar surface area (TPSA) is 93.9 Å². The molecule has 0 aliphatic carbocycles. The number of carbonyl (C=O) groups is 2. The van der Waals surface area contributed by atoms with Gasteiger partial charge in [0.2, 0.25) is 6.79 Å². The molecule has 1 unspecified atom stereocenters. The van der Waals surface area contributed by atoms with Crippen LogP contribution in [0.5, 0.6) is 11.5 Å². The van der Waals surface area contributed by atoms with Crippen molar-refractivity contribution in [2.75, 3.05) is 6.79 Å². The molecule has 8 heteroatoms. The third kappa shape index (κ3) is 4.23. The number of aromatic nitrogens is 1. The van der Waals surface area contributed by atoms with Gasteiger partial charge < -0.3 is 19.4 Å². The molecule has 0 radical (unpaired) electrons. The van der Waals surface area contributed by atoms with Gasteiger partial charge in [-0.1, -0.05) is 18.2 Å². The van der Waals surface area contributed by atoms with E-state index in [9.17, 15) is 9.59 Å². The summed E-state index contributed by atoms with van der Waals surface area (Å²) in [5.41, 5.74) is 4.89. The van der Waals surface area contributed by atoms with Crippen molar-refractivity contribution >= 4 is 28.9 Å². The summed E-state index contributed by atoms with van der Waals surface area (Å²) in [7, 11) is 0. The molecule has 0 saturated carbocycles. The van der Waals surface area contributed by atoms with Crippen LogP contribution in [0.15, 0.2) is 53.8 Å². The fourth-order valence-electron chi connectivity index (χ4n) is 3.41. The minimum Gasteiger partial charge on any atom is -0.454 e. The van der Waals surface area contributed by atoms with Gasteiger partial charge in [-0.2, -0.15) is 5.10 Å². The zero-order valence-electron chi connectivity index (χ0n) is 17.6. The van der Waals surface area contributed by atoms with Crippen LogP contribution in [0.4, 0.5) is 0 Å². The number of nitrogens with zero attached hydrogens (tertiary/aromatic N) is 2. The second-order valence-electron chi connectivity index (χ2n) is 7.60. The van der Waals surface area contributed by atoms with Gasteiger partial charge in [0.1, 0.15) is 6.04 Å². The van der Waals surface area contributed by atoms with Gasteiger partial charge in [0, 0.05) is 34.3 Å². The average molecular weight is 420 g/mol. The first-order valence-electron chi connectivity index (χ1n) is 10.1. The zero-order chi connectivity index (χ0) is 22.0. The molecule has 0 fully saturated rings. The Morgan fingerprint density at radius 2 is 1.87 bits per heavy atom. The summed E-state index contributed by atoms with van der Waals surface area (Å²) in [5.74, 6) is 0.299. The summed E-state index contributed by atoms with van der Waals surface area (Å²) in [6, 6.07) is 12.4. The monoisotopic (exact) mass is 420 g/mol. The number of hydrogen-bond donors (Lipinski definition) is 2. The van der Waals surface area contributed by atoms with Crippen molar-refractivity contribution in [1.82, 2.24) is 15.3 Å². The molecule has 2 amide bonds.